The van der Waals surface area contributed by atoms with Crippen molar-refractivity contribution in [2.24, 2.45) is 74.9 Å². The summed E-state index contributed by atoms with van der Waals surface area (Å²) in [5, 5.41) is 21.3. The lowest BCUT2D eigenvalue weighted by Crippen LogP contribution is -2.67. The SMILES string of the molecule is C.C.C.C.C.C.C.C.C.C.CCC(C)(C)C(=O)OC1(C(C)C)C2CC3CC(C2)CC1C3.CCC(C)(C)C(=O)OC12CC3CC(O)(CC(O)(C3)C1)C2.CCC(C)(C)C(=O)OCC(=O)OC1C2CC3CC(C2)C(=O)OC1C3.CCC1(OC(=O)C(C)(C)CC)CCCC1. The monoisotopic (exact) mass is 1290 g/mol. The van der Waals surface area contributed by atoms with Gasteiger partial charge >= 0.3 is 35.8 Å². The minimum Gasteiger partial charge on any atom is -0.459 e. The lowest BCUT2D eigenvalue weighted by Gasteiger charge is -2.62. The van der Waals surface area contributed by atoms with E-state index in [0.717, 1.165) is 95.3 Å². The van der Waals surface area contributed by atoms with Crippen LogP contribution in [-0.2, 0) is 57.2 Å². The molecule has 2 saturated heterocycles. The number of ether oxygens (including phenoxy) is 6. The number of carbonyl (C=O) groups is 6. The van der Waals surface area contributed by atoms with Gasteiger partial charge in [0.05, 0.1) is 38.8 Å². The van der Waals surface area contributed by atoms with Crippen molar-refractivity contribution in [2.45, 2.75) is 372 Å². The number of esters is 6. The molecule has 536 valence electrons. The first-order valence-electron chi connectivity index (χ1n) is 31.9. The van der Waals surface area contributed by atoms with Crippen molar-refractivity contribution in [1.29, 1.82) is 0 Å². The molecular formula is C76H148O14. The van der Waals surface area contributed by atoms with Crippen molar-refractivity contribution in [3.8, 4) is 0 Å². The third-order valence-corrected chi connectivity index (χ3v) is 22.5. The third-order valence-electron chi connectivity index (χ3n) is 22.5. The highest BCUT2D eigenvalue weighted by molar-refractivity contribution is 5.80. The molecule has 11 aliphatic carbocycles. The van der Waals surface area contributed by atoms with Crippen molar-refractivity contribution < 1.29 is 67.4 Å². The molecule has 13 rings (SSSR count). The molecule has 13 fully saturated rings. The molecular weight excluding hydrogens is 1140 g/mol. The maximum absolute atomic E-state index is 12.8. The van der Waals surface area contributed by atoms with Gasteiger partial charge in [-0.3, -0.25) is 24.0 Å². The molecule has 0 aromatic carbocycles. The first-order chi connectivity index (χ1) is 37.1. The summed E-state index contributed by atoms with van der Waals surface area (Å²) in [7, 11) is 0. The van der Waals surface area contributed by atoms with E-state index in [1.54, 1.807) is 13.8 Å². The van der Waals surface area contributed by atoms with Gasteiger partial charge in [0.2, 0.25) is 0 Å². The molecule has 14 heteroatoms. The third kappa shape index (κ3) is 20.1. The van der Waals surface area contributed by atoms with Crippen LogP contribution in [-0.4, -0.2) is 92.8 Å². The van der Waals surface area contributed by atoms with Gasteiger partial charge < -0.3 is 38.6 Å². The Kier molecular flexibility index (Phi) is 36.2. The Morgan fingerprint density at radius 2 is 0.944 bits per heavy atom. The van der Waals surface area contributed by atoms with E-state index in [4.69, 9.17) is 28.4 Å². The second-order valence-electron chi connectivity index (χ2n) is 30.6. The second-order valence-corrected chi connectivity index (χ2v) is 30.6. The highest BCUT2D eigenvalue weighted by Gasteiger charge is 2.65. The summed E-state index contributed by atoms with van der Waals surface area (Å²) in [6.45, 7) is 29.6. The standard InChI is InChI=1S/C19H32O2.C18H26O6.C16H26O4.C13H24O2.10CH4/c1-6-18(4,5)17(20)21-19(12(2)3)15-8-13-7-14(10-15)11-16(19)9-13;1-4-18(2,3)17(21)22-9-14(19)24-15-11-5-10-6-12(8-11)16(20)23-13(15)7-10;1-4-13(2,3)12(17)20-16-7-11-5-14(18,9-16)8-15(19,6-11)10-16;1-5-12(3,4)11(14)15-13(6-2)9-7-8-10-13;;;;;;;;;;/h12-16H,6-11H2,1-5H3;10-13,15H,4-9H2,1-3H3;11,18-19H,4-10H2,1-3H3;5-10H2,1-4H3;10*1H4. The van der Waals surface area contributed by atoms with Gasteiger partial charge in [-0.05, 0) is 232 Å². The van der Waals surface area contributed by atoms with E-state index in [2.05, 4.69) is 27.7 Å². The normalized spacial score (nSPS) is 32.6. The molecule has 0 aromatic heterocycles. The lowest BCUT2D eigenvalue weighted by molar-refractivity contribution is -0.264. The molecule has 0 radical (unpaired) electrons. The molecule has 2 aliphatic heterocycles. The van der Waals surface area contributed by atoms with E-state index < -0.39 is 45.7 Å². The summed E-state index contributed by atoms with van der Waals surface area (Å²) in [6, 6.07) is 0. The Morgan fingerprint density at radius 3 is 1.37 bits per heavy atom. The van der Waals surface area contributed by atoms with E-state index in [1.807, 2.05) is 62.3 Å². The molecule has 90 heavy (non-hydrogen) atoms. The van der Waals surface area contributed by atoms with Crippen LogP contribution >= 0.6 is 0 Å². The Hall–Kier alpha value is -3.26. The zero-order chi connectivity index (χ0) is 59.2. The first kappa shape index (κ1) is 93.1. The van der Waals surface area contributed by atoms with Gasteiger partial charge in [-0.2, -0.15) is 0 Å². The fourth-order valence-corrected chi connectivity index (χ4v) is 16.5. The number of carbonyl (C=O) groups excluding carboxylic acids is 6. The zero-order valence-corrected chi connectivity index (χ0v) is 52.3. The molecule has 11 saturated carbocycles. The van der Waals surface area contributed by atoms with Crippen molar-refractivity contribution in [2.75, 3.05) is 6.61 Å². The Labute approximate surface area is 554 Å². The summed E-state index contributed by atoms with van der Waals surface area (Å²) in [6.07, 6.45) is 21.4. The van der Waals surface area contributed by atoms with Gasteiger partial charge in [0, 0.05) is 25.2 Å². The van der Waals surface area contributed by atoms with Crippen LogP contribution in [0.1, 0.15) is 332 Å². The molecule has 12 bridgehead atoms. The average molecular weight is 1290 g/mol. The van der Waals surface area contributed by atoms with Crippen molar-refractivity contribution in [1.82, 2.24) is 0 Å². The zero-order valence-electron chi connectivity index (χ0n) is 52.3. The smallest absolute Gasteiger partial charge is 0.344 e. The highest BCUT2D eigenvalue weighted by atomic mass is 16.6. The van der Waals surface area contributed by atoms with Crippen molar-refractivity contribution in [3.63, 3.8) is 0 Å². The molecule has 7 unspecified atom stereocenters. The molecule has 0 aromatic rings. The van der Waals surface area contributed by atoms with Crippen LogP contribution in [0, 0.1) is 74.9 Å². The van der Waals surface area contributed by atoms with Crippen LogP contribution in [0.5, 0.6) is 0 Å². The van der Waals surface area contributed by atoms with Gasteiger partial charge in [-0.1, -0.05) is 123 Å². The van der Waals surface area contributed by atoms with E-state index in [0.29, 0.717) is 49.4 Å². The van der Waals surface area contributed by atoms with E-state index in [1.165, 1.54) is 44.9 Å². The molecule has 0 amide bonds. The molecule has 7 atom stereocenters. The minimum atomic E-state index is -0.842. The van der Waals surface area contributed by atoms with Crippen LogP contribution in [0.4, 0.5) is 0 Å². The summed E-state index contributed by atoms with van der Waals surface area (Å²) < 4.78 is 34.2. The van der Waals surface area contributed by atoms with Gasteiger partial charge in [-0.15, -0.1) is 0 Å². The second kappa shape index (κ2) is 34.9. The number of hydrogen-bond donors (Lipinski definition) is 2. The van der Waals surface area contributed by atoms with Crippen LogP contribution in [0.25, 0.3) is 0 Å². The van der Waals surface area contributed by atoms with Crippen LogP contribution < -0.4 is 0 Å². The number of fused-ring (bicyclic) bond motifs is 1. The van der Waals surface area contributed by atoms with Crippen LogP contribution in [0.2, 0.25) is 0 Å². The first-order valence-corrected chi connectivity index (χ1v) is 31.9. The quantitative estimate of drug-likeness (QED) is 0.109. The number of hydrogen-bond acceptors (Lipinski definition) is 14. The van der Waals surface area contributed by atoms with Gasteiger partial charge in [-0.25, -0.2) is 4.79 Å². The van der Waals surface area contributed by atoms with Crippen molar-refractivity contribution >= 4 is 35.8 Å². The molecule has 14 nitrogen and oxygen atoms in total. The van der Waals surface area contributed by atoms with Crippen LogP contribution in [0.15, 0.2) is 0 Å². The van der Waals surface area contributed by atoms with Crippen molar-refractivity contribution in [3.05, 3.63) is 0 Å². The van der Waals surface area contributed by atoms with Gasteiger partial charge in [0.15, 0.2) is 6.61 Å². The maximum atomic E-state index is 12.8. The highest BCUT2D eigenvalue weighted by Crippen LogP contribution is 2.63. The van der Waals surface area contributed by atoms with E-state index in [9.17, 15) is 39.0 Å². The Balaban J connectivity index is -0.000000534. The number of rotatable bonds is 16. The van der Waals surface area contributed by atoms with Gasteiger partial charge in [0.1, 0.15) is 29.0 Å². The summed E-state index contributed by atoms with van der Waals surface area (Å²) in [5.41, 5.74) is -4.44. The molecule has 2 heterocycles. The molecule has 13 aliphatic rings. The maximum Gasteiger partial charge on any atom is 0.344 e. The molecule has 0 spiro atoms. The fourth-order valence-electron chi connectivity index (χ4n) is 16.5. The minimum absolute atomic E-state index is 0. The summed E-state index contributed by atoms with van der Waals surface area (Å²) in [5.74, 6) is 3.07. The lowest BCUT2D eigenvalue weighted by atomic mass is 9.47. The Morgan fingerprint density at radius 1 is 0.522 bits per heavy atom. The number of aliphatic hydroxyl groups is 2. The predicted octanol–water partition coefficient (Wildman–Crippen LogP) is 19.3. The van der Waals surface area contributed by atoms with Crippen LogP contribution in [0.3, 0.4) is 0 Å². The average Bonchev–Trinajstić information content (AvgIpc) is 0.885. The van der Waals surface area contributed by atoms with E-state index >= 15 is 0 Å². The molecule has 2 N–H and O–H groups in total. The fraction of sp³-hybridized carbons (Fsp3) is 0.921. The summed E-state index contributed by atoms with van der Waals surface area (Å²) in [4.78, 5) is 73.2. The topological polar surface area (TPSA) is 198 Å². The largest absolute Gasteiger partial charge is 0.459 e. The summed E-state index contributed by atoms with van der Waals surface area (Å²) >= 11 is 0. The van der Waals surface area contributed by atoms with E-state index in [-0.39, 0.29) is 151 Å². The Bertz CT molecular complexity index is 2190. The predicted molar refractivity (Wildman–Crippen MR) is 371 cm³/mol. The van der Waals surface area contributed by atoms with Gasteiger partial charge in [0.25, 0.3) is 0 Å².